The number of aromatic nitrogens is 2. The third kappa shape index (κ3) is 3.94. The first-order valence-electron chi connectivity index (χ1n) is 6.77. The smallest absolute Gasteiger partial charge is 0.336 e. The van der Waals surface area contributed by atoms with Crippen LogP contribution in [0.15, 0.2) is 40.0 Å². The summed E-state index contributed by atoms with van der Waals surface area (Å²) in [4.78, 5) is 16.5. The van der Waals surface area contributed by atoms with E-state index in [4.69, 9.17) is 10.6 Å². The summed E-state index contributed by atoms with van der Waals surface area (Å²) in [6.07, 6.45) is 0.167. The fraction of sp³-hybridized carbons (Fsp3) is 0.267. The second-order valence-corrected chi connectivity index (χ2v) is 5.56. The zero-order valence-corrected chi connectivity index (χ0v) is 14.0. The Hall–Kier alpha value is -2.15. The Morgan fingerprint density at radius 3 is 2.64 bits per heavy atom. The minimum atomic E-state index is -0.456. The van der Waals surface area contributed by atoms with Crippen LogP contribution >= 0.6 is 15.9 Å². The lowest BCUT2D eigenvalue weighted by Crippen LogP contribution is -2.16. The Morgan fingerprint density at radius 2 is 2.05 bits per heavy atom. The molecule has 1 aromatic heterocycles. The molecule has 0 saturated carbocycles. The summed E-state index contributed by atoms with van der Waals surface area (Å²) < 4.78 is 2.71. The molecule has 0 bridgehead atoms. The van der Waals surface area contributed by atoms with Crippen molar-refractivity contribution in [3.8, 4) is 0 Å². The Kier molecular flexibility index (Phi) is 5.32. The number of benzene rings is 1. The van der Waals surface area contributed by atoms with Crippen LogP contribution in [0.3, 0.4) is 0 Å². The van der Waals surface area contributed by atoms with Crippen LogP contribution < -0.4 is 5.73 Å². The second-order valence-electron chi connectivity index (χ2n) is 4.76. The summed E-state index contributed by atoms with van der Waals surface area (Å²) in [5.74, 6) is -0.287. The van der Waals surface area contributed by atoms with Crippen LogP contribution in [0.1, 0.15) is 23.4 Å². The molecule has 1 aromatic carbocycles. The first-order chi connectivity index (χ1) is 10.5. The van der Waals surface area contributed by atoms with Crippen LogP contribution in [0.25, 0.3) is 0 Å². The molecular formula is C15H17BrN4O2. The summed E-state index contributed by atoms with van der Waals surface area (Å²) >= 11 is 3.44. The Balaban J connectivity index is 1.89. The lowest BCUT2D eigenvalue weighted by Gasteiger charge is -2.03. The van der Waals surface area contributed by atoms with Crippen molar-refractivity contribution in [3.63, 3.8) is 0 Å². The molecule has 0 aliphatic heterocycles. The molecule has 0 spiro atoms. The van der Waals surface area contributed by atoms with E-state index >= 15 is 0 Å². The van der Waals surface area contributed by atoms with E-state index in [1.54, 1.807) is 16.8 Å². The summed E-state index contributed by atoms with van der Waals surface area (Å²) in [6, 6.07) is 9.12. The number of amidine groups is 1. The van der Waals surface area contributed by atoms with Crippen molar-refractivity contribution in [2.75, 3.05) is 0 Å². The zero-order valence-electron chi connectivity index (χ0n) is 12.4. The highest BCUT2D eigenvalue weighted by Gasteiger charge is 2.11. The van der Waals surface area contributed by atoms with Gasteiger partial charge >= 0.3 is 5.97 Å². The first-order valence-corrected chi connectivity index (χ1v) is 7.56. The van der Waals surface area contributed by atoms with Gasteiger partial charge in [0.1, 0.15) is 0 Å². The molecule has 6 nitrogen and oxygen atoms in total. The van der Waals surface area contributed by atoms with Gasteiger partial charge in [0.2, 0.25) is 0 Å². The normalized spacial score (nSPS) is 11.5. The molecular weight excluding hydrogens is 348 g/mol. The van der Waals surface area contributed by atoms with Gasteiger partial charge in [-0.15, -0.1) is 0 Å². The maximum absolute atomic E-state index is 11.7. The predicted octanol–water partition coefficient (Wildman–Crippen LogP) is 2.52. The monoisotopic (exact) mass is 364 g/mol. The van der Waals surface area contributed by atoms with Gasteiger partial charge in [-0.2, -0.15) is 5.10 Å². The van der Waals surface area contributed by atoms with Gasteiger partial charge in [0, 0.05) is 11.3 Å². The molecule has 0 atom stereocenters. The molecule has 2 aromatic rings. The molecule has 0 unspecified atom stereocenters. The molecule has 0 amide bonds. The van der Waals surface area contributed by atoms with Gasteiger partial charge < -0.3 is 10.6 Å². The van der Waals surface area contributed by atoms with Gasteiger partial charge in [0.15, 0.2) is 5.84 Å². The van der Waals surface area contributed by atoms with Gasteiger partial charge in [-0.1, -0.05) is 35.5 Å². The Morgan fingerprint density at radius 1 is 1.36 bits per heavy atom. The van der Waals surface area contributed by atoms with Crippen molar-refractivity contribution in [2.24, 2.45) is 10.9 Å². The summed E-state index contributed by atoms with van der Waals surface area (Å²) in [5, 5.41) is 7.98. The lowest BCUT2D eigenvalue weighted by molar-refractivity contribution is -0.144. The third-order valence-electron chi connectivity index (χ3n) is 3.14. The third-order valence-corrected chi connectivity index (χ3v) is 4.28. The highest BCUT2D eigenvalue weighted by atomic mass is 79.9. The topological polar surface area (TPSA) is 82.5 Å². The van der Waals surface area contributed by atoms with E-state index in [9.17, 15) is 4.79 Å². The van der Waals surface area contributed by atoms with E-state index < -0.39 is 5.97 Å². The van der Waals surface area contributed by atoms with Crippen molar-refractivity contribution in [1.29, 1.82) is 0 Å². The molecule has 2 rings (SSSR count). The van der Waals surface area contributed by atoms with Crippen LogP contribution in [0.2, 0.25) is 0 Å². The largest absolute Gasteiger partial charge is 0.380 e. The fourth-order valence-corrected chi connectivity index (χ4v) is 2.18. The summed E-state index contributed by atoms with van der Waals surface area (Å²) in [5.41, 5.74) is 8.31. The summed E-state index contributed by atoms with van der Waals surface area (Å²) in [6.45, 7) is 4.26. The molecule has 7 heteroatoms. The molecule has 0 radical (unpaired) electrons. The number of halogens is 1. The molecule has 0 saturated heterocycles. The minimum absolute atomic E-state index is 0.167. The van der Waals surface area contributed by atoms with E-state index in [1.807, 2.05) is 32.0 Å². The minimum Gasteiger partial charge on any atom is -0.380 e. The van der Waals surface area contributed by atoms with E-state index in [0.717, 1.165) is 15.9 Å². The number of oxime groups is 1. The molecule has 0 aliphatic rings. The molecule has 2 N–H and O–H groups in total. The number of hydrogen-bond donors (Lipinski definition) is 1. The van der Waals surface area contributed by atoms with Gasteiger partial charge in [-0.25, -0.2) is 4.79 Å². The van der Waals surface area contributed by atoms with Crippen molar-refractivity contribution in [1.82, 2.24) is 9.78 Å². The van der Waals surface area contributed by atoms with Gasteiger partial charge in [-0.05, 0) is 29.8 Å². The van der Waals surface area contributed by atoms with Crippen molar-refractivity contribution >= 4 is 27.7 Å². The van der Waals surface area contributed by atoms with Crippen LogP contribution in [0.4, 0.5) is 0 Å². The van der Waals surface area contributed by atoms with E-state index in [0.29, 0.717) is 12.1 Å². The Bertz CT molecular complexity index is 695. The van der Waals surface area contributed by atoms with Gasteiger partial charge in [0.25, 0.3) is 0 Å². The predicted molar refractivity (Wildman–Crippen MR) is 87.3 cm³/mol. The van der Waals surface area contributed by atoms with E-state index in [2.05, 4.69) is 26.2 Å². The van der Waals surface area contributed by atoms with Gasteiger partial charge in [-0.3, -0.25) is 4.68 Å². The maximum atomic E-state index is 11.7. The number of rotatable bonds is 5. The van der Waals surface area contributed by atoms with Gasteiger partial charge in [0.05, 0.1) is 23.1 Å². The SMILES string of the molecule is Cc1nn(CCC(=O)O/N=C(\N)c2ccccc2)c(C)c1Br. The average molecular weight is 365 g/mol. The highest BCUT2D eigenvalue weighted by Crippen LogP contribution is 2.19. The van der Waals surface area contributed by atoms with Crippen LogP contribution in [-0.2, 0) is 16.2 Å². The molecule has 22 heavy (non-hydrogen) atoms. The number of carbonyl (C=O) groups is 1. The fourth-order valence-electron chi connectivity index (χ4n) is 1.90. The van der Waals surface area contributed by atoms with Crippen LogP contribution in [0.5, 0.6) is 0 Å². The number of hydrogen-bond acceptors (Lipinski definition) is 4. The number of nitrogens with zero attached hydrogens (tertiary/aromatic N) is 3. The quantitative estimate of drug-likeness (QED) is 0.382. The van der Waals surface area contributed by atoms with Crippen molar-refractivity contribution in [3.05, 3.63) is 51.8 Å². The molecule has 1 heterocycles. The summed E-state index contributed by atoms with van der Waals surface area (Å²) in [7, 11) is 0. The number of carbonyl (C=O) groups excluding carboxylic acids is 1. The van der Waals surface area contributed by atoms with E-state index in [-0.39, 0.29) is 12.3 Å². The Labute approximate surface area is 137 Å². The molecule has 0 aliphatic carbocycles. The molecule has 0 fully saturated rings. The molecule has 116 valence electrons. The van der Waals surface area contributed by atoms with Crippen LogP contribution in [0, 0.1) is 13.8 Å². The lowest BCUT2D eigenvalue weighted by atomic mass is 10.2. The van der Waals surface area contributed by atoms with Crippen LogP contribution in [-0.4, -0.2) is 21.6 Å². The van der Waals surface area contributed by atoms with E-state index in [1.165, 1.54) is 0 Å². The van der Waals surface area contributed by atoms with Crippen molar-refractivity contribution in [2.45, 2.75) is 26.8 Å². The maximum Gasteiger partial charge on any atom is 0.336 e. The van der Waals surface area contributed by atoms with Crippen molar-refractivity contribution < 1.29 is 9.63 Å². The average Bonchev–Trinajstić information content (AvgIpc) is 2.78. The zero-order chi connectivity index (χ0) is 16.1. The first kappa shape index (κ1) is 16.2. The number of aryl methyl sites for hydroxylation is 2. The second kappa shape index (κ2) is 7.22. The highest BCUT2D eigenvalue weighted by molar-refractivity contribution is 9.10. The standard InChI is InChI=1S/C15H17BrN4O2/c1-10-14(16)11(2)20(18-10)9-8-13(21)22-19-15(17)12-6-4-3-5-7-12/h3-7H,8-9H2,1-2H3,(H2,17,19). The number of nitrogens with two attached hydrogens (primary N) is 1.